The molecule has 8 aromatic carbocycles. The summed E-state index contributed by atoms with van der Waals surface area (Å²) in [6.45, 7) is 0. The van der Waals surface area contributed by atoms with Crippen molar-refractivity contribution in [3.05, 3.63) is 206 Å². The van der Waals surface area contributed by atoms with Gasteiger partial charge in [-0.1, -0.05) is 152 Å². The maximum Gasteiger partial charge on any atom is 0.0972 e. The zero-order valence-electron chi connectivity index (χ0n) is 31.9. The van der Waals surface area contributed by atoms with Crippen LogP contribution >= 0.6 is 0 Å². The molecule has 4 aromatic heterocycles. The number of hydrogen-bond donors (Lipinski definition) is 0. The molecule has 0 fully saturated rings. The molecule has 12 aromatic rings. The molecule has 0 N–H and O–H groups in total. The number of rotatable bonds is 5. The smallest absolute Gasteiger partial charge is 0.0972 e. The molecule has 0 aliphatic rings. The third-order valence-electron chi connectivity index (χ3n) is 11.7. The molecule has 12 rings (SSSR count). The molecule has 0 aliphatic heterocycles. The Balaban J connectivity index is 1.04. The highest BCUT2D eigenvalue weighted by molar-refractivity contribution is 6.20. The van der Waals surface area contributed by atoms with Crippen molar-refractivity contribution >= 4 is 65.3 Å². The zero-order chi connectivity index (χ0) is 38.9. The minimum atomic E-state index is 0.905. The molecule has 4 heteroatoms. The summed E-state index contributed by atoms with van der Waals surface area (Å²) in [6, 6.07) is 73.3. The highest BCUT2D eigenvalue weighted by Crippen LogP contribution is 2.41. The van der Waals surface area contributed by atoms with Crippen molar-refractivity contribution in [2.45, 2.75) is 0 Å². The Morgan fingerprint density at radius 2 is 0.881 bits per heavy atom. The van der Waals surface area contributed by atoms with Crippen LogP contribution < -0.4 is 0 Å². The first-order valence-corrected chi connectivity index (χ1v) is 20.0. The third-order valence-corrected chi connectivity index (χ3v) is 11.7. The van der Waals surface area contributed by atoms with Gasteiger partial charge < -0.3 is 4.57 Å². The Hall–Kier alpha value is -7.95. The van der Waals surface area contributed by atoms with Crippen LogP contribution in [0.4, 0.5) is 0 Å². The fourth-order valence-electron chi connectivity index (χ4n) is 8.87. The monoisotopic (exact) mass is 750 g/mol. The van der Waals surface area contributed by atoms with Crippen LogP contribution in [0.3, 0.4) is 0 Å². The van der Waals surface area contributed by atoms with Crippen molar-refractivity contribution in [2.75, 3.05) is 0 Å². The quantitative estimate of drug-likeness (QED) is 0.165. The molecule has 0 amide bonds. The van der Waals surface area contributed by atoms with Crippen LogP contribution in [0.25, 0.3) is 116 Å². The summed E-state index contributed by atoms with van der Waals surface area (Å²) in [7, 11) is 0. The van der Waals surface area contributed by atoms with Crippen LogP contribution in [0.1, 0.15) is 0 Å². The molecule has 274 valence electrons. The largest absolute Gasteiger partial charge is 0.309 e. The molecule has 0 bridgehead atoms. The lowest BCUT2D eigenvalue weighted by Crippen LogP contribution is -1.95. The first kappa shape index (κ1) is 33.2. The summed E-state index contributed by atoms with van der Waals surface area (Å²) in [5, 5.41) is 8.06. The molecule has 0 aliphatic carbocycles. The molecule has 4 heterocycles. The van der Waals surface area contributed by atoms with E-state index >= 15 is 0 Å². The van der Waals surface area contributed by atoms with Gasteiger partial charge in [-0.15, -0.1) is 0 Å². The lowest BCUT2D eigenvalue weighted by Gasteiger charge is -2.12. The summed E-state index contributed by atoms with van der Waals surface area (Å²) in [6.07, 6.45) is 0. The molecule has 0 atom stereocenters. The van der Waals surface area contributed by atoms with Crippen LogP contribution in [0.5, 0.6) is 0 Å². The van der Waals surface area contributed by atoms with Crippen molar-refractivity contribution in [3.8, 4) is 50.6 Å². The van der Waals surface area contributed by atoms with Gasteiger partial charge in [0.15, 0.2) is 0 Å². The van der Waals surface area contributed by atoms with E-state index in [9.17, 15) is 0 Å². The van der Waals surface area contributed by atoms with E-state index in [-0.39, 0.29) is 0 Å². The van der Waals surface area contributed by atoms with Crippen LogP contribution in [0, 0.1) is 0 Å². The molecule has 0 saturated heterocycles. The average Bonchev–Trinajstić information content (AvgIpc) is 3.63. The average molecular weight is 751 g/mol. The number of fused-ring (bicyclic) bond motifs is 9. The topological polar surface area (TPSA) is 43.6 Å². The van der Waals surface area contributed by atoms with Gasteiger partial charge in [-0.3, -0.25) is 0 Å². The van der Waals surface area contributed by atoms with Gasteiger partial charge in [0.2, 0.25) is 0 Å². The van der Waals surface area contributed by atoms with E-state index in [0.29, 0.717) is 0 Å². The number of para-hydroxylation sites is 2. The SMILES string of the molecule is c1ccc(-c2ccc3ccc4ccc(-c5cccc(-c6ccc7c8cc9c(cc8n(-c8ccccc8)c7c6)c(-c6ccccc6)nc6ccccc69)c5)nc4c3n2)cc1. The summed E-state index contributed by atoms with van der Waals surface area (Å²) >= 11 is 0. The first-order valence-electron chi connectivity index (χ1n) is 20.0. The second-order valence-electron chi connectivity index (χ2n) is 15.2. The van der Waals surface area contributed by atoms with Gasteiger partial charge in [-0.05, 0) is 71.1 Å². The van der Waals surface area contributed by atoms with Gasteiger partial charge in [0.05, 0.1) is 44.7 Å². The van der Waals surface area contributed by atoms with Gasteiger partial charge in [0.25, 0.3) is 0 Å². The number of benzene rings is 8. The normalized spacial score (nSPS) is 11.7. The molecular formula is C55H34N4. The Morgan fingerprint density at radius 3 is 1.63 bits per heavy atom. The van der Waals surface area contributed by atoms with Crippen molar-refractivity contribution in [3.63, 3.8) is 0 Å². The second kappa shape index (κ2) is 13.3. The fourth-order valence-corrected chi connectivity index (χ4v) is 8.87. The summed E-state index contributed by atoms with van der Waals surface area (Å²) in [5.74, 6) is 0. The van der Waals surface area contributed by atoms with Gasteiger partial charge in [0, 0.05) is 54.7 Å². The molecular weight excluding hydrogens is 717 g/mol. The van der Waals surface area contributed by atoms with Gasteiger partial charge in [0.1, 0.15) is 0 Å². The maximum absolute atomic E-state index is 5.28. The lowest BCUT2D eigenvalue weighted by molar-refractivity contribution is 1.18. The van der Waals surface area contributed by atoms with Crippen molar-refractivity contribution in [1.82, 2.24) is 19.5 Å². The number of pyridine rings is 3. The predicted octanol–water partition coefficient (Wildman–Crippen LogP) is 14.2. The Labute approximate surface area is 340 Å². The van der Waals surface area contributed by atoms with Crippen LogP contribution in [0.15, 0.2) is 206 Å². The van der Waals surface area contributed by atoms with Crippen LogP contribution in [-0.2, 0) is 0 Å². The lowest BCUT2D eigenvalue weighted by atomic mass is 9.97. The first-order chi connectivity index (χ1) is 29.2. The number of aromatic nitrogens is 4. The van der Waals surface area contributed by atoms with Gasteiger partial charge >= 0.3 is 0 Å². The van der Waals surface area contributed by atoms with E-state index in [1.807, 2.05) is 6.07 Å². The van der Waals surface area contributed by atoms with E-state index in [0.717, 1.165) is 99.7 Å². The van der Waals surface area contributed by atoms with Crippen LogP contribution in [-0.4, -0.2) is 19.5 Å². The Kier molecular flexibility index (Phi) is 7.50. The molecule has 4 nitrogen and oxygen atoms in total. The Morgan fingerprint density at radius 1 is 0.305 bits per heavy atom. The third kappa shape index (κ3) is 5.49. The number of nitrogens with zero attached hydrogens (tertiary/aromatic N) is 4. The molecule has 0 radical (unpaired) electrons. The van der Waals surface area contributed by atoms with Gasteiger partial charge in [-0.2, -0.15) is 0 Å². The van der Waals surface area contributed by atoms with E-state index in [1.54, 1.807) is 0 Å². The highest BCUT2D eigenvalue weighted by Gasteiger charge is 2.19. The van der Waals surface area contributed by atoms with Crippen molar-refractivity contribution in [2.24, 2.45) is 0 Å². The minimum absolute atomic E-state index is 0.905. The second-order valence-corrected chi connectivity index (χ2v) is 15.2. The molecule has 59 heavy (non-hydrogen) atoms. The van der Waals surface area contributed by atoms with E-state index in [4.69, 9.17) is 15.0 Å². The minimum Gasteiger partial charge on any atom is -0.309 e. The summed E-state index contributed by atoms with van der Waals surface area (Å²) < 4.78 is 2.41. The fraction of sp³-hybridized carbons (Fsp3) is 0. The predicted molar refractivity (Wildman–Crippen MR) is 246 cm³/mol. The van der Waals surface area contributed by atoms with E-state index in [1.165, 1.54) is 16.2 Å². The zero-order valence-corrected chi connectivity index (χ0v) is 31.9. The summed E-state index contributed by atoms with van der Waals surface area (Å²) in [5.41, 5.74) is 14.6. The van der Waals surface area contributed by atoms with Crippen molar-refractivity contribution in [1.29, 1.82) is 0 Å². The van der Waals surface area contributed by atoms with Gasteiger partial charge in [-0.25, -0.2) is 15.0 Å². The highest BCUT2D eigenvalue weighted by atomic mass is 15.0. The molecule has 0 unspecified atom stereocenters. The van der Waals surface area contributed by atoms with Crippen LogP contribution in [0.2, 0.25) is 0 Å². The standard InChI is InChI=1S/C55H34N4/c1-4-13-35(14-5-1)48-29-26-37-23-24-38-27-30-49(57-55(38)54(37)56-48)41-18-12-17-39(31-41)40-25-28-44-46-33-45-43-21-10-11-22-50(43)58-53(36-15-6-2-7-16-36)47(45)34-52(46)59(51(44)32-40)42-19-8-3-9-20-42/h1-34H. The number of hydrogen-bond acceptors (Lipinski definition) is 3. The van der Waals surface area contributed by atoms with E-state index in [2.05, 4.69) is 205 Å². The van der Waals surface area contributed by atoms with E-state index < -0.39 is 0 Å². The Bertz CT molecular complexity index is 3590. The molecule has 0 spiro atoms. The molecule has 0 saturated carbocycles. The maximum atomic E-state index is 5.28. The summed E-state index contributed by atoms with van der Waals surface area (Å²) in [4.78, 5) is 15.7. The van der Waals surface area contributed by atoms with Crippen molar-refractivity contribution < 1.29 is 0 Å².